The molecule has 0 aliphatic heterocycles. The lowest BCUT2D eigenvalue weighted by atomic mass is 10.1. The molecule has 0 amide bonds. The van der Waals surface area contributed by atoms with Gasteiger partial charge in [0.05, 0.1) is 6.10 Å². The quantitative estimate of drug-likeness (QED) is 0.644. The zero-order chi connectivity index (χ0) is 8.27. The lowest BCUT2D eigenvalue weighted by Gasteiger charge is -2.13. The zero-order valence-electron chi connectivity index (χ0n) is 7.51. The molecule has 0 spiro atoms. The van der Waals surface area contributed by atoms with E-state index in [-0.39, 0.29) is 6.10 Å². The topological polar surface area (TPSA) is 32.3 Å². The van der Waals surface area contributed by atoms with E-state index in [4.69, 9.17) is 5.11 Å². The second-order valence-electron chi connectivity index (χ2n) is 3.87. The van der Waals surface area contributed by atoms with E-state index in [2.05, 4.69) is 12.2 Å². The third-order valence-electron chi connectivity index (χ3n) is 2.40. The maximum atomic E-state index is 9.02. The molecule has 0 bridgehead atoms. The Morgan fingerprint density at radius 2 is 2.27 bits per heavy atom. The largest absolute Gasteiger partial charge is 0.392 e. The molecule has 0 aromatic heterocycles. The Labute approximate surface area is 69.0 Å². The molecule has 0 unspecified atom stereocenters. The summed E-state index contributed by atoms with van der Waals surface area (Å²) in [6.07, 6.45) is 3.71. The number of rotatable bonds is 3. The van der Waals surface area contributed by atoms with Gasteiger partial charge in [0.15, 0.2) is 0 Å². The minimum absolute atomic E-state index is 0.203. The molecular formula is C9H19NO. The second kappa shape index (κ2) is 4.07. The van der Waals surface area contributed by atoms with Crippen LogP contribution in [0.3, 0.4) is 0 Å². The SMILES string of the molecule is C[C@@H]1CC[C@@H](NC[C@@H](C)O)C1. The van der Waals surface area contributed by atoms with Crippen molar-refractivity contribution in [3.63, 3.8) is 0 Å². The van der Waals surface area contributed by atoms with Gasteiger partial charge in [0.2, 0.25) is 0 Å². The summed E-state index contributed by atoms with van der Waals surface area (Å²) >= 11 is 0. The maximum Gasteiger partial charge on any atom is 0.0636 e. The summed E-state index contributed by atoms with van der Waals surface area (Å²) in [4.78, 5) is 0. The molecule has 1 aliphatic rings. The van der Waals surface area contributed by atoms with Crippen LogP contribution < -0.4 is 5.32 Å². The highest BCUT2D eigenvalue weighted by atomic mass is 16.3. The van der Waals surface area contributed by atoms with Crippen molar-refractivity contribution in [2.45, 2.75) is 45.3 Å². The van der Waals surface area contributed by atoms with Crippen LogP contribution in [-0.4, -0.2) is 23.8 Å². The van der Waals surface area contributed by atoms with E-state index >= 15 is 0 Å². The highest BCUT2D eigenvalue weighted by Gasteiger charge is 2.20. The normalized spacial score (nSPS) is 34.1. The summed E-state index contributed by atoms with van der Waals surface area (Å²) in [6, 6.07) is 0.666. The van der Waals surface area contributed by atoms with Crippen LogP contribution in [0.2, 0.25) is 0 Å². The summed E-state index contributed by atoms with van der Waals surface area (Å²) in [5.41, 5.74) is 0. The molecule has 2 heteroatoms. The van der Waals surface area contributed by atoms with Gasteiger partial charge < -0.3 is 10.4 Å². The Kier molecular flexibility index (Phi) is 3.34. The van der Waals surface area contributed by atoms with Gasteiger partial charge in [-0.3, -0.25) is 0 Å². The Morgan fingerprint density at radius 1 is 1.55 bits per heavy atom. The van der Waals surface area contributed by atoms with Gasteiger partial charge in [-0.05, 0) is 32.1 Å². The number of aliphatic hydroxyl groups excluding tert-OH is 1. The fraction of sp³-hybridized carbons (Fsp3) is 1.00. The molecule has 2 nitrogen and oxygen atoms in total. The minimum Gasteiger partial charge on any atom is -0.392 e. The first-order chi connectivity index (χ1) is 5.18. The van der Waals surface area contributed by atoms with Gasteiger partial charge in [0, 0.05) is 12.6 Å². The van der Waals surface area contributed by atoms with Crippen molar-refractivity contribution in [2.75, 3.05) is 6.54 Å². The predicted octanol–water partition coefficient (Wildman–Crippen LogP) is 1.15. The standard InChI is InChI=1S/C9H19NO/c1-7-3-4-9(5-7)10-6-8(2)11/h7-11H,3-6H2,1-2H3/t7-,8-,9-/m1/s1. The lowest BCUT2D eigenvalue weighted by molar-refractivity contribution is 0.186. The zero-order valence-corrected chi connectivity index (χ0v) is 7.51. The van der Waals surface area contributed by atoms with Gasteiger partial charge in [0.25, 0.3) is 0 Å². The Morgan fingerprint density at radius 3 is 2.73 bits per heavy atom. The Hall–Kier alpha value is -0.0800. The van der Waals surface area contributed by atoms with Crippen LogP contribution in [0, 0.1) is 5.92 Å². The first kappa shape index (κ1) is 9.01. The van der Waals surface area contributed by atoms with E-state index in [1.807, 2.05) is 6.92 Å². The van der Waals surface area contributed by atoms with Crippen molar-refractivity contribution in [1.82, 2.24) is 5.32 Å². The summed E-state index contributed by atoms with van der Waals surface area (Å²) < 4.78 is 0. The summed E-state index contributed by atoms with van der Waals surface area (Å²) in [6.45, 7) is 4.87. The molecule has 0 heterocycles. The Balaban J connectivity index is 2.08. The van der Waals surface area contributed by atoms with Crippen molar-refractivity contribution in [3.05, 3.63) is 0 Å². The van der Waals surface area contributed by atoms with Gasteiger partial charge in [-0.1, -0.05) is 6.92 Å². The van der Waals surface area contributed by atoms with E-state index in [0.717, 1.165) is 12.5 Å². The number of aliphatic hydroxyl groups is 1. The molecule has 1 saturated carbocycles. The van der Waals surface area contributed by atoms with Gasteiger partial charge in [-0.25, -0.2) is 0 Å². The highest BCUT2D eigenvalue weighted by Crippen LogP contribution is 2.24. The third kappa shape index (κ3) is 3.21. The molecule has 0 radical (unpaired) electrons. The smallest absolute Gasteiger partial charge is 0.0636 e. The molecule has 0 saturated heterocycles. The van der Waals surface area contributed by atoms with Crippen LogP contribution in [0.5, 0.6) is 0 Å². The van der Waals surface area contributed by atoms with Crippen molar-refractivity contribution in [3.8, 4) is 0 Å². The molecule has 0 aromatic rings. The van der Waals surface area contributed by atoms with E-state index in [9.17, 15) is 0 Å². The van der Waals surface area contributed by atoms with Gasteiger partial charge >= 0.3 is 0 Å². The summed E-state index contributed by atoms with van der Waals surface area (Å²) in [5.74, 6) is 0.876. The molecule has 1 fully saturated rings. The van der Waals surface area contributed by atoms with E-state index < -0.39 is 0 Å². The molecular weight excluding hydrogens is 138 g/mol. The van der Waals surface area contributed by atoms with Crippen LogP contribution >= 0.6 is 0 Å². The molecule has 3 atom stereocenters. The number of hydrogen-bond donors (Lipinski definition) is 2. The van der Waals surface area contributed by atoms with E-state index in [1.165, 1.54) is 19.3 Å². The van der Waals surface area contributed by atoms with E-state index in [0.29, 0.717) is 6.04 Å². The monoisotopic (exact) mass is 157 g/mol. The van der Waals surface area contributed by atoms with Crippen molar-refractivity contribution < 1.29 is 5.11 Å². The fourth-order valence-corrected chi connectivity index (χ4v) is 1.73. The highest BCUT2D eigenvalue weighted by molar-refractivity contribution is 4.78. The van der Waals surface area contributed by atoms with Crippen LogP contribution in [0.15, 0.2) is 0 Å². The molecule has 2 N–H and O–H groups in total. The van der Waals surface area contributed by atoms with Crippen molar-refractivity contribution in [2.24, 2.45) is 5.92 Å². The van der Waals surface area contributed by atoms with Crippen LogP contribution in [0.1, 0.15) is 33.1 Å². The molecule has 1 rings (SSSR count). The van der Waals surface area contributed by atoms with Gasteiger partial charge in [0.1, 0.15) is 0 Å². The maximum absolute atomic E-state index is 9.02. The Bertz CT molecular complexity index is 114. The number of hydrogen-bond acceptors (Lipinski definition) is 2. The van der Waals surface area contributed by atoms with Crippen molar-refractivity contribution >= 4 is 0 Å². The minimum atomic E-state index is -0.203. The molecule has 0 aromatic carbocycles. The van der Waals surface area contributed by atoms with Crippen LogP contribution in [0.4, 0.5) is 0 Å². The average molecular weight is 157 g/mol. The molecule has 1 aliphatic carbocycles. The fourth-order valence-electron chi connectivity index (χ4n) is 1.73. The molecule has 11 heavy (non-hydrogen) atoms. The van der Waals surface area contributed by atoms with Crippen LogP contribution in [-0.2, 0) is 0 Å². The summed E-state index contributed by atoms with van der Waals surface area (Å²) in [7, 11) is 0. The second-order valence-corrected chi connectivity index (χ2v) is 3.87. The average Bonchev–Trinajstić information content (AvgIpc) is 2.31. The van der Waals surface area contributed by atoms with E-state index in [1.54, 1.807) is 0 Å². The van der Waals surface area contributed by atoms with Gasteiger partial charge in [-0.2, -0.15) is 0 Å². The lowest BCUT2D eigenvalue weighted by Crippen LogP contribution is -2.32. The first-order valence-electron chi connectivity index (χ1n) is 4.60. The number of nitrogens with one attached hydrogen (secondary N) is 1. The first-order valence-corrected chi connectivity index (χ1v) is 4.60. The third-order valence-corrected chi connectivity index (χ3v) is 2.40. The van der Waals surface area contributed by atoms with Gasteiger partial charge in [-0.15, -0.1) is 0 Å². The predicted molar refractivity (Wildman–Crippen MR) is 46.5 cm³/mol. The van der Waals surface area contributed by atoms with Crippen LogP contribution in [0.25, 0.3) is 0 Å². The molecule has 66 valence electrons. The van der Waals surface area contributed by atoms with Crippen molar-refractivity contribution in [1.29, 1.82) is 0 Å². The summed E-state index contributed by atoms with van der Waals surface area (Å²) in [5, 5.41) is 12.4.